The average molecular weight is 266 g/mol. The number of carbonyl (C=O) groups excluding carboxylic acids is 1. The quantitative estimate of drug-likeness (QED) is 0.883. The van der Waals surface area contributed by atoms with Crippen LogP contribution in [0.4, 0.5) is 14.9 Å². The lowest BCUT2D eigenvalue weighted by molar-refractivity contribution is 0.142. The second-order valence-corrected chi connectivity index (χ2v) is 5.01. The molecule has 2 rings (SSSR count). The van der Waals surface area contributed by atoms with Crippen LogP contribution in [0.2, 0.25) is 0 Å². The zero-order valence-electron chi connectivity index (χ0n) is 11.0. The summed E-state index contributed by atoms with van der Waals surface area (Å²) in [7, 11) is 0. The predicted molar refractivity (Wildman–Crippen MR) is 71.4 cm³/mol. The number of carbonyl (C=O) groups is 1. The highest BCUT2D eigenvalue weighted by atomic mass is 19.1. The van der Waals surface area contributed by atoms with Gasteiger partial charge in [0.15, 0.2) is 0 Å². The molecular formula is C14H19FN2O2. The van der Waals surface area contributed by atoms with E-state index in [1.54, 1.807) is 24.0 Å². The second kappa shape index (κ2) is 6.02. The van der Waals surface area contributed by atoms with Gasteiger partial charge in [-0.3, -0.25) is 0 Å². The first-order valence-corrected chi connectivity index (χ1v) is 6.57. The smallest absolute Gasteiger partial charge is 0.322 e. The summed E-state index contributed by atoms with van der Waals surface area (Å²) in [5.74, 6) is -0.375. The van der Waals surface area contributed by atoms with Crippen LogP contribution >= 0.6 is 0 Å². The first-order valence-electron chi connectivity index (χ1n) is 6.57. The summed E-state index contributed by atoms with van der Waals surface area (Å²) < 4.78 is 13.0. The molecule has 1 heterocycles. The Morgan fingerprint density at radius 2 is 2.42 bits per heavy atom. The van der Waals surface area contributed by atoms with E-state index >= 15 is 0 Å². The number of hydrogen-bond acceptors (Lipinski definition) is 2. The monoisotopic (exact) mass is 266 g/mol. The maximum Gasteiger partial charge on any atom is 0.322 e. The number of nitrogens with zero attached hydrogens (tertiary/aromatic N) is 1. The summed E-state index contributed by atoms with van der Waals surface area (Å²) >= 11 is 0. The minimum atomic E-state index is -0.424. The molecule has 1 aromatic carbocycles. The average Bonchev–Trinajstić information content (AvgIpc) is 2.76. The molecule has 2 unspecified atom stereocenters. The predicted octanol–water partition coefficient (Wildman–Crippen LogP) is 2.59. The van der Waals surface area contributed by atoms with Crippen molar-refractivity contribution >= 4 is 11.7 Å². The Bertz CT molecular complexity index is 451. The van der Waals surface area contributed by atoms with Crippen molar-refractivity contribution in [2.75, 3.05) is 11.9 Å². The number of hydrogen-bond donors (Lipinski definition) is 2. The van der Waals surface area contributed by atoms with Gasteiger partial charge in [-0.25, -0.2) is 9.18 Å². The van der Waals surface area contributed by atoms with Gasteiger partial charge in [0.2, 0.25) is 0 Å². The van der Waals surface area contributed by atoms with Crippen molar-refractivity contribution in [2.24, 2.45) is 0 Å². The molecule has 2 N–H and O–H groups in total. The van der Waals surface area contributed by atoms with E-state index in [4.69, 9.17) is 0 Å². The van der Waals surface area contributed by atoms with Gasteiger partial charge in [-0.1, -0.05) is 6.07 Å². The number of nitrogens with one attached hydrogen (secondary N) is 1. The van der Waals surface area contributed by atoms with Gasteiger partial charge in [-0.05, 0) is 44.4 Å². The molecule has 1 saturated heterocycles. The number of aliphatic hydroxyl groups excluding tert-OH is 1. The lowest BCUT2D eigenvalue weighted by Gasteiger charge is -2.25. The zero-order valence-corrected chi connectivity index (χ0v) is 11.0. The SMILES string of the molecule is CC(O)CC1CCCN1C(=O)Nc1cccc(F)c1. The number of anilines is 1. The number of amides is 2. The van der Waals surface area contributed by atoms with E-state index in [-0.39, 0.29) is 17.9 Å². The van der Waals surface area contributed by atoms with Crippen LogP contribution in [0.5, 0.6) is 0 Å². The van der Waals surface area contributed by atoms with E-state index in [1.807, 2.05) is 0 Å². The van der Waals surface area contributed by atoms with Crippen LogP contribution in [0.1, 0.15) is 26.2 Å². The molecular weight excluding hydrogens is 247 g/mol. The molecule has 0 saturated carbocycles. The van der Waals surface area contributed by atoms with E-state index in [0.29, 0.717) is 18.7 Å². The van der Waals surface area contributed by atoms with E-state index in [1.165, 1.54) is 12.1 Å². The lowest BCUT2D eigenvalue weighted by atomic mass is 10.1. The minimum absolute atomic E-state index is 0.0635. The maximum atomic E-state index is 13.0. The van der Waals surface area contributed by atoms with Crippen molar-refractivity contribution in [1.29, 1.82) is 0 Å². The molecule has 0 radical (unpaired) electrons. The standard InChI is InChI=1S/C14H19FN2O2/c1-10(18)8-13-6-3-7-17(13)14(19)16-12-5-2-4-11(15)9-12/h2,4-5,9-10,13,18H,3,6-8H2,1H3,(H,16,19). The molecule has 5 heteroatoms. The summed E-state index contributed by atoms with van der Waals surface area (Å²) in [6, 6.07) is 5.67. The Morgan fingerprint density at radius 1 is 1.63 bits per heavy atom. The van der Waals surface area contributed by atoms with Crippen molar-refractivity contribution in [3.63, 3.8) is 0 Å². The van der Waals surface area contributed by atoms with Gasteiger partial charge < -0.3 is 15.3 Å². The molecule has 1 aromatic rings. The molecule has 0 spiro atoms. The van der Waals surface area contributed by atoms with Crippen molar-refractivity contribution in [3.05, 3.63) is 30.1 Å². The first-order chi connectivity index (χ1) is 9.06. The lowest BCUT2D eigenvalue weighted by Crippen LogP contribution is -2.40. The van der Waals surface area contributed by atoms with Crippen molar-refractivity contribution in [1.82, 2.24) is 4.90 Å². The highest BCUT2D eigenvalue weighted by Gasteiger charge is 2.29. The molecule has 2 amide bonds. The normalized spacial score (nSPS) is 20.4. The fourth-order valence-corrected chi connectivity index (χ4v) is 2.50. The molecule has 4 nitrogen and oxygen atoms in total. The van der Waals surface area contributed by atoms with Crippen LogP contribution < -0.4 is 5.32 Å². The molecule has 2 atom stereocenters. The van der Waals surface area contributed by atoms with Crippen LogP contribution in [0.3, 0.4) is 0 Å². The summed E-state index contributed by atoms with van der Waals surface area (Å²) in [6.07, 6.45) is 2.00. The number of likely N-dealkylation sites (tertiary alicyclic amines) is 1. The van der Waals surface area contributed by atoms with Crippen molar-refractivity contribution in [2.45, 2.75) is 38.3 Å². The zero-order chi connectivity index (χ0) is 13.8. The summed E-state index contributed by atoms with van der Waals surface area (Å²) in [5.41, 5.74) is 0.452. The minimum Gasteiger partial charge on any atom is -0.393 e. The van der Waals surface area contributed by atoms with Crippen molar-refractivity contribution < 1.29 is 14.3 Å². The van der Waals surface area contributed by atoms with E-state index in [0.717, 1.165) is 12.8 Å². The number of benzene rings is 1. The molecule has 0 aromatic heterocycles. The van der Waals surface area contributed by atoms with Crippen LogP contribution in [-0.4, -0.2) is 34.7 Å². The molecule has 1 fully saturated rings. The molecule has 0 aliphatic carbocycles. The first kappa shape index (κ1) is 13.8. The number of aliphatic hydroxyl groups is 1. The Labute approximate surface area is 112 Å². The van der Waals surface area contributed by atoms with Crippen LogP contribution in [0, 0.1) is 5.82 Å². The van der Waals surface area contributed by atoms with E-state index in [2.05, 4.69) is 5.32 Å². The van der Waals surface area contributed by atoms with Crippen LogP contribution in [0.15, 0.2) is 24.3 Å². The molecule has 1 aliphatic heterocycles. The number of halogens is 1. The fraction of sp³-hybridized carbons (Fsp3) is 0.500. The number of rotatable bonds is 3. The maximum absolute atomic E-state index is 13.0. The second-order valence-electron chi connectivity index (χ2n) is 5.01. The molecule has 19 heavy (non-hydrogen) atoms. The largest absolute Gasteiger partial charge is 0.393 e. The fourth-order valence-electron chi connectivity index (χ4n) is 2.50. The van der Waals surface area contributed by atoms with Gasteiger partial charge in [0.05, 0.1) is 6.10 Å². The highest BCUT2D eigenvalue weighted by molar-refractivity contribution is 5.89. The highest BCUT2D eigenvalue weighted by Crippen LogP contribution is 2.22. The Hall–Kier alpha value is -1.62. The number of urea groups is 1. The van der Waals surface area contributed by atoms with Gasteiger partial charge in [-0.2, -0.15) is 0 Å². The van der Waals surface area contributed by atoms with Gasteiger partial charge in [-0.15, -0.1) is 0 Å². The molecule has 1 aliphatic rings. The van der Waals surface area contributed by atoms with Gasteiger partial charge in [0.25, 0.3) is 0 Å². The van der Waals surface area contributed by atoms with Crippen LogP contribution in [0.25, 0.3) is 0 Å². The summed E-state index contributed by atoms with van der Waals surface area (Å²) in [6.45, 7) is 2.40. The third kappa shape index (κ3) is 3.67. The summed E-state index contributed by atoms with van der Waals surface area (Å²) in [4.78, 5) is 13.8. The van der Waals surface area contributed by atoms with Gasteiger partial charge >= 0.3 is 6.03 Å². The Morgan fingerprint density at radius 3 is 3.11 bits per heavy atom. The third-order valence-electron chi connectivity index (χ3n) is 3.33. The molecule has 104 valence electrons. The Balaban J connectivity index is 1.99. The van der Waals surface area contributed by atoms with E-state index in [9.17, 15) is 14.3 Å². The molecule has 0 bridgehead atoms. The topological polar surface area (TPSA) is 52.6 Å². The Kier molecular flexibility index (Phi) is 4.37. The van der Waals surface area contributed by atoms with Crippen molar-refractivity contribution in [3.8, 4) is 0 Å². The van der Waals surface area contributed by atoms with E-state index < -0.39 is 6.10 Å². The van der Waals surface area contributed by atoms with Gasteiger partial charge in [0.1, 0.15) is 5.82 Å². The summed E-state index contributed by atoms with van der Waals surface area (Å²) in [5, 5.41) is 12.1. The van der Waals surface area contributed by atoms with Gasteiger partial charge in [0, 0.05) is 18.3 Å². The van der Waals surface area contributed by atoms with Crippen LogP contribution in [-0.2, 0) is 0 Å². The third-order valence-corrected chi connectivity index (χ3v) is 3.33.